The minimum absolute atomic E-state index is 0.0823. The Balaban J connectivity index is 2.27. The van der Waals surface area contributed by atoms with Crippen LogP contribution in [0.1, 0.15) is 5.69 Å². The van der Waals surface area contributed by atoms with Crippen molar-refractivity contribution in [1.29, 1.82) is 0 Å². The van der Waals surface area contributed by atoms with Crippen LogP contribution in [0.5, 0.6) is 0 Å². The summed E-state index contributed by atoms with van der Waals surface area (Å²) in [6.45, 7) is 1.57. The molecule has 0 aromatic carbocycles. The van der Waals surface area contributed by atoms with E-state index in [4.69, 9.17) is 0 Å². The van der Waals surface area contributed by atoms with Crippen molar-refractivity contribution in [2.45, 2.75) is 11.8 Å². The van der Waals surface area contributed by atoms with Crippen molar-refractivity contribution >= 4 is 10.0 Å². The van der Waals surface area contributed by atoms with Gasteiger partial charge in [-0.2, -0.15) is 9.49 Å². The predicted octanol–water partition coefficient (Wildman–Crippen LogP) is 2.11. The maximum Gasteiger partial charge on any atom is 0.271 e. The van der Waals surface area contributed by atoms with E-state index in [2.05, 4.69) is 10.1 Å². The van der Waals surface area contributed by atoms with Crippen LogP contribution in [0.25, 0.3) is 11.3 Å². The van der Waals surface area contributed by atoms with Gasteiger partial charge < -0.3 is 0 Å². The summed E-state index contributed by atoms with van der Waals surface area (Å²) in [5.41, 5.74) is -0.254. The molecule has 0 N–H and O–H groups in total. The largest absolute Gasteiger partial charge is 0.272 e. The Labute approximate surface area is 131 Å². The van der Waals surface area contributed by atoms with Gasteiger partial charge in [0, 0.05) is 19.4 Å². The number of hydrogen-bond donors (Lipinski definition) is 0. The normalized spacial score (nSPS) is 11.8. The molecule has 0 amide bonds. The van der Waals surface area contributed by atoms with Crippen LogP contribution >= 0.6 is 0 Å². The second kappa shape index (κ2) is 5.27. The van der Waals surface area contributed by atoms with Crippen LogP contribution in [0.4, 0.5) is 8.78 Å². The van der Waals surface area contributed by atoms with E-state index in [9.17, 15) is 17.2 Å². The zero-order valence-corrected chi connectivity index (χ0v) is 13.1. The Morgan fingerprint density at radius 3 is 2.57 bits per heavy atom. The molecule has 0 unspecified atom stereocenters. The Bertz CT molecular complexity index is 992. The van der Waals surface area contributed by atoms with Crippen LogP contribution in [0.3, 0.4) is 0 Å². The summed E-state index contributed by atoms with van der Waals surface area (Å²) in [7, 11) is -2.54. The van der Waals surface area contributed by atoms with Crippen LogP contribution in [0, 0.1) is 18.7 Å². The molecule has 23 heavy (non-hydrogen) atoms. The summed E-state index contributed by atoms with van der Waals surface area (Å²) >= 11 is 0. The molecule has 3 aromatic heterocycles. The van der Waals surface area contributed by atoms with E-state index in [-0.39, 0.29) is 10.5 Å². The average molecular weight is 338 g/mol. The first-order valence-electron chi connectivity index (χ1n) is 6.56. The fourth-order valence-electron chi connectivity index (χ4n) is 2.24. The van der Waals surface area contributed by atoms with Crippen molar-refractivity contribution in [3.8, 4) is 11.3 Å². The van der Waals surface area contributed by atoms with Gasteiger partial charge in [-0.3, -0.25) is 4.68 Å². The predicted molar refractivity (Wildman–Crippen MR) is 78.1 cm³/mol. The molecular weight excluding hydrogens is 326 g/mol. The molecule has 6 nitrogen and oxygen atoms in total. The standard InChI is InChI=1S/C14H12F2N4O2S/c1-9-12(8-18-19(9)2)23(21,22)20-7-5-11(15)13(20)10-4-3-6-17-14(10)16/h3-8H,1-2H3. The molecule has 0 aliphatic rings. The summed E-state index contributed by atoms with van der Waals surface area (Å²) in [6, 6.07) is 3.63. The number of aromatic nitrogens is 4. The van der Waals surface area contributed by atoms with Crippen LogP contribution in [0.2, 0.25) is 0 Å². The van der Waals surface area contributed by atoms with Crippen molar-refractivity contribution in [2.24, 2.45) is 7.05 Å². The molecule has 0 fully saturated rings. The summed E-state index contributed by atoms with van der Waals surface area (Å²) in [4.78, 5) is 3.35. The number of hydrogen-bond acceptors (Lipinski definition) is 4. The maximum atomic E-state index is 14.1. The van der Waals surface area contributed by atoms with Crippen LogP contribution in [-0.4, -0.2) is 27.2 Å². The summed E-state index contributed by atoms with van der Waals surface area (Å²) in [6.07, 6.45) is 3.41. The fourth-order valence-corrected chi connectivity index (χ4v) is 3.78. The summed E-state index contributed by atoms with van der Waals surface area (Å²) in [5, 5.41) is 3.88. The van der Waals surface area contributed by atoms with Gasteiger partial charge in [0.2, 0.25) is 5.95 Å². The third-order valence-electron chi connectivity index (χ3n) is 3.54. The highest BCUT2D eigenvalue weighted by atomic mass is 32.2. The number of rotatable bonds is 3. The van der Waals surface area contributed by atoms with Crippen molar-refractivity contribution < 1.29 is 17.2 Å². The molecule has 0 atom stereocenters. The molecule has 9 heteroatoms. The lowest BCUT2D eigenvalue weighted by molar-refractivity contribution is 0.576. The van der Waals surface area contributed by atoms with Crippen LogP contribution in [0.15, 0.2) is 41.7 Å². The van der Waals surface area contributed by atoms with Gasteiger partial charge in [-0.25, -0.2) is 21.8 Å². The molecule has 3 aromatic rings. The first-order chi connectivity index (χ1) is 10.8. The lowest BCUT2D eigenvalue weighted by Crippen LogP contribution is -2.15. The van der Waals surface area contributed by atoms with Crippen molar-refractivity contribution in [3.05, 3.63) is 54.2 Å². The van der Waals surface area contributed by atoms with E-state index < -0.39 is 27.5 Å². The monoisotopic (exact) mass is 338 g/mol. The fraction of sp³-hybridized carbons (Fsp3) is 0.143. The zero-order valence-electron chi connectivity index (χ0n) is 12.2. The van der Waals surface area contributed by atoms with Gasteiger partial charge in [0.1, 0.15) is 16.4 Å². The van der Waals surface area contributed by atoms with E-state index in [0.717, 1.165) is 12.3 Å². The SMILES string of the molecule is Cc1c(S(=O)(=O)n2ccc(F)c2-c2cccnc2F)cnn1C. The summed E-state index contributed by atoms with van der Waals surface area (Å²) in [5.74, 6) is -1.81. The Morgan fingerprint density at radius 2 is 1.96 bits per heavy atom. The Morgan fingerprint density at radius 1 is 1.22 bits per heavy atom. The molecule has 0 saturated heterocycles. The quantitative estimate of drug-likeness (QED) is 0.686. The summed E-state index contributed by atoms with van der Waals surface area (Å²) < 4.78 is 55.7. The van der Waals surface area contributed by atoms with Crippen molar-refractivity contribution in [2.75, 3.05) is 0 Å². The van der Waals surface area contributed by atoms with Gasteiger partial charge >= 0.3 is 0 Å². The number of aryl methyl sites for hydroxylation is 1. The lowest BCUT2D eigenvalue weighted by atomic mass is 10.2. The first-order valence-corrected chi connectivity index (χ1v) is 8.00. The van der Waals surface area contributed by atoms with Gasteiger partial charge in [-0.15, -0.1) is 0 Å². The van der Waals surface area contributed by atoms with Gasteiger partial charge in [0.25, 0.3) is 10.0 Å². The molecule has 0 radical (unpaired) electrons. The Kier molecular flexibility index (Phi) is 3.52. The lowest BCUT2D eigenvalue weighted by Gasteiger charge is -2.10. The van der Waals surface area contributed by atoms with Crippen molar-refractivity contribution in [1.82, 2.24) is 18.7 Å². The van der Waals surface area contributed by atoms with E-state index in [1.165, 1.54) is 29.2 Å². The smallest absolute Gasteiger partial charge is 0.271 e. The third-order valence-corrected chi connectivity index (χ3v) is 5.32. The van der Waals surface area contributed by atoms with Crippen LogP contribution in [-0.2, 0) is 17.1 Å². The van der Waals surface area contributed by atoms with E-state index in [0.29, 0.717) is 9.67 Å². The van der Waals surface area contributed by atoms with Gasteiger partial charge in [-0.05, 0) is 25.1 Å². The molecular formula is C14H12F2N4O2S. The highest BCUT2D eigenvalue weighted by Gasteiger charge is 2.28. The maximum absolute atomic E-state index is 14.1. The number of halogens is 2. The van der Waals surface area contributed by atoms with Crippen molar-refractivity contribution in [3.63, 3.8) is 0 Å². The second-order valence-corrected chi connectivity index (χ2v) is 6.66. The van der Waals surface area contributed by atoms with Gasteiger partial charge in [0.15, 0.2) is 0 Å². The second-order valence-electron chi connectivity index (χ2n) is 4.87. The molecule has 3 heterocycles. The molecule has 0 saturated carbocycles. The first kappa shape index (κ1) is 15.3. The van der Waals surface area contributed by atoms with Gasteiger partial charge in [0.05, 0.1) is 17.5 Å². The highest BCUT2D eigenvalue weighted by Crippen LogP contribution is 2.29. The van der Waals surface area contributed by atoms with Gasteiger partial charge in [-0.1, -0.05) is 0 Å². The Hall–Kier alpha value is -2.55. The highest BCUT2D eigenvalue weighted by molar-refractivity contribution is 7.90. The zero-order chi connectivity index (χ0) is 16.8. The minimum atomic E-state index is -4.12. The number of nitrogens with zero attached hydrogens (tertiary/aromatic N) is 4. The molecule has 0 aliphatic heterocycles. The molecule has 0 spiro atoms. The number of pyridine rings is 1. The average Bonchev–Trinajstić information content (AvgIpc) is 3.04. The minimum Gasteiger partial charge on any atom is -0.272 e. The van der Waals surface area contributed by atoms with E-state index in [1.54, 1.807) is 14.0 Å². The topological polar surface area (TPSA) is 69.8 Å². The molecule has 120 valence electrons. The molecule has 0 bridgehead atoms. The molecule has 0 aliphatic carbocycles. The third kappa shape index (κ3) is 2.33. The molecule has 3 rings (SSSR count). The van der Waals surface area contributed by atoms with E-state index in [1.807, 2.05) is 0 Å². The van der Waals surface area contributed by atoms with E-state index >= 15 is 0 Å². The van der Waals surface area contributed by atoms with Crippen LogP contribution < -0.4 is 0 Å².